The third kappa shape index (κ3) is 4.47. The summed E-state index contributed by atoms with van der Waals surface area (Å²) in [6, 6.07) is 5.78. The zero-order valence-corrected chi connectivity index (χ0v) is 16.7. The van der Waals surface area contributed by atoms with Crippen LogP contribution in [0.3, 0.4) is 0 Å². The van der Waals surface area contributed by atoms with Crippen LogP contribution in [0.2, 0.25) is 0 Å². The van der Waals surface area contributed by atoms with Gasteiger partial charge in [0.2, 0.25) is 5.91 Å². The molecule has 0 aliphatic carbocycles. The Kier molecular flexibility index (Phi) is 6.12. The Morgan fingerprint density at radius 2 is 2.07 bits per heavy atom. The number of carbonyl (C=O) groups excluding carboxylic acids is 2. The second kappa shape index (κ2) is 8.92. The Morgan fingerprint density at radius 3 is 2.71 bits per heavy atom. The first kappa shape index (κ1) is 19.2. The van der Waals surface area contributed by atoms with Crippen LogP contribution < -0.4 is 0 Å². The van der Waals surface area contributed by atoms with Crippen LogP contribution in [0.25, 0.3) is 0 Å². The first-order chi connectivity index (χ1) is 13.7. The molecule has 7 heteroatoms. The van der Waals surface area contributed by atoms with Crippen molar-refractivity contribution >= 4 is 23.2 Å². The molecule has 0 spiro atoms. The summed E-state index contributed by atoms with van der Waals surface area (Å²) in [5.74, 6) is 0.142. The van der Waals surface area contributed by atoms with Gasteiger partial charge in [0, 0.05) is 37.0 Å². The van der Waals surface area contributed by atoms with Crippen LogP contribution in [0.5, 0.6) is 0 Å². The van der Waals surface area contributed by atoms with E-state index in [0.29, 0.717) is 44.6 Å². The van der Waals surface area contributed by atoms with Gasteiger partial charge < -0.3 is 19.0 Å². The largest absolute Gasteiger partial charge is 0.472 e. The summed E-state index contributed by atoms with van der Waals surface area (Å²) in [6.07, 6.45) is 6.63. The average Bonchev–Trinajstić information content (AvgIpc) is 3.50. The van der Waals surface area contributed by atoms with Gasteiger partial charge in [0.25, 0.3) is 5.91 Å². The van der Waals surface area contributed by atoms with E-state index in [1.54, 1.807) is 17.4 Å². The fourth-order valence-electron chi connectivity index (χ4n) is 4.01. The molecule has 2 aromatic heterocycles. The van der Waals surface area contributed by atoms with E-state index in [9.17, 15) is 9.59 Å². The molecule has 150 valence electrons. The number of likely N-dealkylation sites (tertiary alicyclic amines) is 1. The Bertz CT molecular complexity index is 760. The molecule has 2 aliphatic heterocycles. The van der Waals surface area contributed by atoms with Crippen LogP contribution in [-0.4, -0.2) is 54.0 Å². The molecule has 0 bridgehead atoms. The van der Waals surface area contributed by atoms with E-state index in [0.717, 1.165) is 19.4 Å². The van der Waals surface area contributed by atoms with Gasteiger partial charge in [-0.3, -0.25) is 9.59 Å². The highest BCUT2D eigenvalue weighted by Gasteiger charge is 2.32. The lowest BCUT2D eigenvalue weighted by molar-refractivity contribution is -0.139. The van der Waals surface area contributed by atoms with E-state index >= 15 is 0 Å². The van der Waals surface area contributed by atoms with Gasteiger partial charge in [-0.1, -0.05) is 6.07 Å². The summed E-state index contributed by atoms with van der Waals surface area (Å²) in [6.45, 7) is 3.30. The zero-order chi connectivity index (χ0) is 19.3. The van der Waals surface area contributed by atoms with E-state index in [1.807, 2.05) is 21.2 Å². The Labute approximate surface area is 169 Å². The summed E-state index contributed by atoms with van der Waals surface area (Å²) in [7, 11) is 0. The highest BCUT2D eigenvalue weighted by Crippen LogP contribution is 2.24. The second-order valence-electron chi connectivity index (χ2n) is 7.51. The Hall–Kier alpha value is -2.12. The number of piperidine rings is 1. The van der Waals surface area contributed by atoms with Gasteiger partial charge in [0.05, 0.1) is 24.5 Å². The van der Waals surface area contributed by atoms with Crippen LogP contribution in [0, 0.1) is 5.92 Å². The molecular formula is C21H26N2O4S. The van der Waals surface area contributed by atoms with Crippen molar-refractivity contribution in [1.29, 1.82) is 0 Å². The number of ether oxygens (including phenoxy) is 1. The standard InChI is InChI=1S/C21H26N2O4S/c24-20(16-5-8-22(9-6-16)21(25)17-7-11-26-15-17)23(13-18-3-1-10-27-18)14-19-4-2-12-28-19/h2,4,7,11-12,15-16,18H,1,3,5-6,8-10,13-14H2. The van der Waals surface area contributed by atoms with Crippen molar-refractivity contribution in [1.82, 2.24) is 9.80 Å². The average molecular weight is 403 g/mol. The predicted octanol–water partition coefficient (Wildman–Crippen LogP) is 3.40. The molecule has 4 heterocycles. The molecule has 0 radical (unpaired) electrons. The number of carbonyl (C=O) groups is 2. The SMILES string of the molecule is O=C(c1ccoc1)N1CCC(C(=O)N(Cc2cccs2)CC2CCCO2)CC1. The number of nitrogens with zero attached hydrogens (tertiary/aromatic N) is 2. The minimum atomic E-state index is -0.0326. The minimum Gasteiger partial charge on any atom is -0.472 e. The molecule has 2 amide bonds. The van der Waals surface area contributed by atoms with Crippen molar-refractivity contribution in [3.8, 4) is 0 Å². The smallest absolute Gasteiger partial charge is 0.257 e. The molecule has 2 aliphatic rings. The van der Waals surface area contributed by atoms with Gasteiger partial charge in [-0.2, -0.15) is 0 Å². The maximum Gasteiger partial charge on any atom is 0.257 e. The summed E-state index contributed by atoms with van der Waals surface area (Å²) >= 11 is 1.68. The van der Waals surface area contributed by atoms with Crippen LogP contribution in [-0.2, 0) is 16.1 Å². The lowest BCUT2D eigenvalue weighted by atomic mass is 9.94. The maximum absolute atomic E-state index is 13.3. The van der Waals surface area contributed by atoms with Crippen molar-refractivity contribution in [2.75, 3.05) is 26.2 Å². The molecule has 1 unspecified atom stereocenters. The van der Waals surface area contributed by atoms with Gasteiger partial charge in [-0.25, -0.2) is 0 Å². The van der Waals surface area contributed by atoms with Crippen molar-refractivity contribution in [2.45, 2.75) is 38.3 Å². The molecule has 6 nitrogen and oxygen atoms in total. The third-order valence-electron chi connectivity index (χ3n) is 5.59. The van der Waals surface area contributed by atoms with Crippen molar-refractivity contribution in [2.24, 2.45) is 5.92 Å². The van der Waals surface area contributed by atoms with Gasteiger partial charge in [-0.05, 0) is 43.2 Å². The van der Waals surface area contributed by atoms with Gasteiger partial charge in [0.1, 0.15) is 6.26 Å². The molecule has 2 aromatic rings. The number of thiophene rings is 1. The predicted molar refractivity (Wildman–Crippen MR) is 106 cm³/mol. The van der Waals surface area contributed by atoms with E-state index in [2.05, 4.69) is 6.07 Å². The maximum atomic E-state index is 13.3. The highest BCUT2D eigenvalue weighted by atomic mass is 32.1. The number of rotatable bonds is 6. The quantitative estimate of drug-likeness (QED) is 0.743. The first-order valence-electron chi connectivity index (χ1n) is 9.95. The third-order valence-corrected chi connectivity index (χ3v) is 6.45. The monoisotopic (exact) mass is 402 g/mol. The van der Waals surface area contributed by atoms with Crippen molar-refractivity contribution in [3.63, 3.8) is 0 Å². The fraction of sp³-hybridized carbons (Fsp3) is 0.524. The Morgan fingerprint density at radius 1 is 1.21 bits per heavy atom. The van der Waals surface area contributed by atoms with Crippen molar-refractivity contribution < 1.29 is 18.7 Å². The molecule has 2 saturated heterocycles. The van der Waals surface area contributed by atoms with E-state index in [1.165, 1.54) is 17.4 Å². The molecule has 0 saturated carbocycles. The minimum absolute atomic E-state index is 0.0190. The first-order valence-corrected chi connectivity index (χ1v) is 10.8. The molecular weight excluding hydrogens is 376 g/mol. The molecule has 28 heavy (non-hydrogen) atoms. The lowest BCUT2D eigenvalue weighted by Crippen LogP contribution is -2.45. The van der Waals surface area contributed by atoms with E-state index < -0.39 is 0 Å². The molecule has 1 atom stereocenters. The number of hydrogen-bond acceptors (Lipinski definition) is 5. The van der Waals surface area contributed by atoms with E-state index in [4.69, 9.17) is 9.15 Å². The van der Waals surface area contributed by atoms with Gasteiger partial charge in [0.15, 0.2) is 0 Å². The number of hydrogen-bond donors (Lipinski definition) is 0. The summed E-state index contributed by atoms with van der Waals surface area (Å²) in [4.78, 5) is 30.7. The topological polar surface area (TPSA) is 63.0 Å². The number of furan rings is 1. The van der Waals surface area contributed by atoms with Crippen LogP contribution in [0.15, 0.2) is 40.5 Å². The molecule has 4 rings (SSSR count). The number of amides is 2. The van der Waals surface area contributed by atoms with Gasteiger partial charge >= 0.3 is 0 Å². The second-order valence-corrected chi connectivity index (χ2v) is 8.54. The van der Waals surface area contributed by atoms with Crippen LogP contribution in [0.1, 0.15) is 40.9 Å². The van der Waals surface area contributed by atoms with Crippen LogP contribution >= 0.6 is 11.3 Å². The summed E-state index contributed by atoms with van der Waals surface area (Å²) < 4.78 is 10.8. The summed E-state index contributed by atoms with van der Waals surface area (Å²) in [5.41, 5.74) is 0.572. The normalized spacial score (nSPS) is 20.4. The molecule has 2 fully saturated rings. The molecule has 0 N–H and O–H groups in total. The van der Waals surface area contributed by atoms with E-state index in [-0.39, 0.29) is 23.8 Å². The fourth-order valence-corrected chi connectivity index (χ4v) is 4.73. The highest BCUT2D eigenvalue weighted by molar-refractivity contribution is 7.09. The van der Waals surface area contributed by atoms with Gasteiger partial charge in [-0.15, -0.1) is 11.3 Å². The summed E-state index contributed by atoms with van der Waals surface area (Å²) in [5, 5.41) is 2.05. The lowest BCUT2D eigenvalue weighted by Gasteiger charge is -2.34. The zero-order valence-electron chi connectivity index (χ0n) is 15.9. The molecule has 0 aromatic carbocycles. The van der Waals surface area contributed by atoms with Crippen LogP contribution in [0.4, 0.5) is 0 Å². The van der Waals surface area contributed by atoms with Crippen molar-refractivity contribution in [3.05, 3.63) is 46.5 Å². The Balaban J connectivity index is 1.37.